The number of ketones is 1. The summed E-state index contributed by atoms with van der Waals surface area (Å²) in [5, 5.41) is 16.2. The summed E-state index contributed by atoms with van der Waals surface area (Å²) in [5.74, 6) is -4.32. The summed E-state index contributed by atoms with van der Waals surface area (Å²) in [5.41, 5.74) is -0.292. The molecule has 0 aliphatic carbocycles. The van der Waals surface area contributed by atoms with Gasteiger partial charge in [-0.15, -0.1) is 0 Å². The van der Waals surface area contributed by atoms with Gasteiger partial charge in [-0.05, 0) is 67.1 Å². The molecule has 0 unspecified atom stereocenters. The fraction of sp³-hybridized carbons (Fsp3) is 0.738. The van der Waals surface area contributed by atoms with Crippen molar-refractivity contribution in [2.45, 2.75) is 142 Å². The van der Waals surface area contributed by atoms with E-state index in [4.69, 9.17) is 33.3 Å². The molecule has 0 aromatic carbocycles. The monoisotopic (exact) mass is 811 g/mol. The lowest BCUT2D eigenvalue weighted by molar-refractivity contribution is -0.302. The molecule has 16 nitrogen and oxygen atoms in total. The Morgan fingerprint density at radius 1 is 1.00 bits per heavy atom. The predicted molar refractivity (Wildman–Crippen MR) is 210 cm³/mol. The number of nitrogens with zero attached hydrogens (tertiary/aromatic N) is 5. The summed E-state index contributed by atoms with van der Waals surface area (Å²) in [6, 6.07) is 1.52. The van der Waals surface area contributed by atoms with E-state index < -0.39 is 83.4 Å². The van der Waals surface area contributed by atoms with Gasteiger partial charge in [0, 0.05) is 53.9 Å². The van der Waals surface area contributed by atoms with Crippen molar-refractivity contribution >= 4 is 34.6 Å². The van der Waals surface area contributed by atoms with E-state index >= 15 is 0 Å². The van der Waals surface area contributed by atoms with Crippen LogP contribution in [0.3, 0.4) is 0 Å². The van der Waals surface area contributed by atoms with Gasteiger partial charge in [-0.25, -0.2) is 9.97 Å². The van der Waals surface area contributed by atoms with Crippen molar-refractivity contribution in [3.8, 4) is 0 Å². The Bertz CT molecular complexity index is 1830. The van der Waals surface area contributed by atoms with E-state index in [-0.39, 0.29) is 50.6 Å². The number of Topliss-reactive ketones (excluding diaryl/α,β-unsaturated/α-hetero) is 1. The number of carbonyl (C=O) groups excluding carboxylic acids is 3. The lowest BCUT2D eigenvalue weighted by Gasteiger charge is -2.48. The van der Waals surface area contributed by atoms with Crippen LogP contribution >= 0.6 is 0 Å². The van der Waals surface area contributed by atoms with Gasteiger partial charge >= 0.3 is 11.9 Å². The second-order valence-electron chi connectivity index (χ2n) is 17.4. The number of oxime groups is 1. The first-order valence-electron chi connectivity index (χ1n) is 20.6. The molecule has 6 rings (SSSR count). The Balaban J connectivity index is 1.41. The number of cyclic esters (lactones) is 1. The molecular weight excluding hydrogens is 750 g/mol. The van der Waals surface area contributed by atoms with Gasteiger partial charge < -0.3 is 43.3 Å². The highest BCUT2D eigenvalue weighted by Crippen LogP contribution is 2.46. The van der Waals surface area contributed by atoms with Crippen LogP contribution in [0.15, 0.2) is 29.8 Å². The Morgan fingerprint density at radius 2 is 1.72 bits per heavy atom. The normalized spacial score (nSPS) is 40.0. The maximum Gasteiger partial charge on any atom is 0.311 e. The summed E-state index contributed by atoms with van der Waals surface area (Å²) in [7, 11) is 3.80. The zero-order chi connectivity index (χ0) is 42.1. The standard InChI is InChI=1S/C42H61N5O11/c1-11-31-42(8)29(17-32(48)58-42)24(4)34(49)22(2)18-41(7)37(57-40-35(50)30(47(9)10)16-23(3)55-40)25(5)36(26(6)39(51)56-31)52-20-28(21-53-41)46-54-19-27-12-13-44-38-33(27)43-14-15-45-38/h12-15,22-26,29-31,35-37,40,50H,11,16-21H2,1-10H3/b46-28-/t22-,23-,24-,25-,26-,29+,30+,31-,35-,36+,37-,40+,41-,42+/m1/s1. The van der Waals surface area contributed by atoms with E-state index in [2.05, 4.69) is 20.1 Å². The highest BCUT2D eigenvalue weighted by Gasteiger charge is 2.57. The number of carbonyl (C=O) groups is 3. The van der Waals surface area contributed by atoms with Crippen LogP contribution in [-0.4, -0.2) is 130 Å². The first-order valence-corrected chi connectivity index (χ1v) is 20.6. The average molecular weight is 812 g/mol. The number of fused-ring (bicyclic) bond motifs is 5. The van der Waals surface area contributed by atoms with Gasteiger partial charge in [0.25, 0.3) is 0 Å². The SMILES string of the molecule is CC[C@H]1OC(=O)[C@H](C)[C@H]2OC/C(=N/OCc3ccnc4nccnc34)CO[C@](C)(C[C@@H](C)C(=O)[C@H](C)[C@@H]3CC(=O)O[C@]13C)[C@H](O[C@@H]1O[C@H](C)C[C@H](N(C)C)[C@H]1O)[C@@H]2C. The predicted octanol–water partition coefficient (Wildman–Crippen LogP) is 4.04. The molecular formula is C42H61N5O11. The maximum absolute atomic E-state index is 14.6. The van der Waals surface area contributed by atoms with Crippen LogP contribution in [0.2, 0.25) is 0 Å². The molecule has 0 saturated carbocycles. The van der Waals surface area contributed by atoms with Crippen molar-refractivity contribution < 1.29 is 52.7 Å². The number of aliphatic hydroxyl groups is 1. The number of aromatic nitrogens is 3. The number of pyridine rings is 1. The van der Waals surface area contributed by atoms with Gasteiger partial charge in [-0.3, -0.25) is 19.4 Å². The average Bonchev–Trinajstić information content (AvgIpc) is 3.52. The van der Waals surface area contributed by atoms with Crippen LogP contribution in [-0.2, 0) is 54.2 Å². The summed E-state index contributed by atoms with van der Waals surface area (Å²) in [6.45, 7) is 14.7. The van der Waals surface area contributed by atoms with Crippen LogP contribution < -0.4 is 0 Å². The second kappa shape index (κ2) is 17.9. The molecule has 4 fully saturated rings. The molecule has 2 bridgehead atoms. The molecule has 4 aliphatic heterocycles. The highest BCUT2D eigenvalue weighted by atomic mass is 16.7. The van der Waals surface area contributed by atoms with Crippen LogP contribution in [0.25, 0.3) is 11.2 Å². The Morgan fingerprint density at radius 3 is 2.45 bits per heavy atom. The quantitative estimate of drug-likeness (QED) is 0.311. The topological polar surface area (TPSA) is 190 Å². The molecule has 4 aliphatic rings. The second-order valence-corrected chi connectivity index (χ2v) is 17.4. The summed E-state index contributed by atoms with van der Waals surface area (Å²) in [4.78, 5) is 62.7. The molecule has 1 N–H and O–H groups in total. The number of hydrogen-bond acceptors (Lipinski definition) is 16. The Kier molecular flexibility index (Phi) is 13.5. The van der Waals surface area contributed by atoms with Gasteiger partial charge in [-0.1, -0.05) is 32.9 Å². The van der Waals surface area contributed by atoms with Gasteiger partial charge in [0.15, 0.2) is 11.9 Å². The van der Waals surface area contributed by atoms with Crippen molar-refractivity contribution in [1.29, 1.82) is 0 Å². The zero-order valence-corrected chi connectivity index (χ0v) is 35.5. The lowest BCUT2D eigenvalue weighted by atomic mass is 9.70. The largest absolute Gasteiger partial charge is 0.458 e. The number of aliphatic hydroxyl groups excluding tert-OH is 1. The fourth-order valence-corrected chi connectivity index (χ4v) is 9.64. The highest BCUT2D eigenvalue weighted by molar-refractivity contribution is 5.87. The van der Waals surface area contributed by atoms with Crippen molar-refractivity contribution in [2.75, 3.05) is 27.3 Å². The van der Waals surface area contributed by atoms with Gasteiger partial charge in [0.05, 0.1) is 49.5 Å². The Hall–Kier alpha value is -3.67. The third-order valence-corrected chi connectivity index (χ3v) is 12.9. The molecule has 2 aromatic heterocycles. The number of esters is 2. The molecule has 0 spiro atoms. The zero-order valence-electron chi connectivity index (χ0n) is 35.5. The van der Waals surface area contributed by atoms with Crippen molar-refractivity contribution in [1.82, 2.24) is 19.9 Å². The lowest BCUT2D eigenvalue weighted by Crippen LogP contribution is -2.60. The van der Waals surface area contributed by atoms with E-state index in [1.54, 1.807) is 38.5 Å². The van der Waals surface area contributed by atoms with Crippen LogP contribution in [0, 0.1) is 29.6 Å². The molecule has 320 valence electrons. The minimum absolute atomic E-state index is 0.0197. The third-order valence-electron chi connectivity index (χ3n) is 12.9. The fourth-order valence-electron chi connectivity index (χ4n) is 9.64. The maximum atomic E-state index is 14.6. The molecule has 6 heterocycles. The molecule has 0 amide bonds. The number of rotatable bonds is 7. The molecule has 0 radical (unpaired) electrons. The summed E-state index contributed by atoms with van der Waals surface area (Å²) < 4.78 is 39.0. The Labute approximate surface area is 340 Å². The minimum atomic E-state index is -1.25. The third kappa shape index (κ3) is 8.92. The molecule has 16 heteroatoms. The number of hydrogen-bond donors (Lipinski definition) is 1. The molecule has 4 saturated heterocycles. The van der Waals surface area contributed by atoms with E-state index in [1.807, 2.05) is 60.5 Å². The molecule has 14 atom stereocenters. The molecule has 58 heavy (non-hydrogen) atoms. The van der Waals surface area contributed by atoms with Crippen LogP contribution in [0.4, 0.5) is 0 Å². The van der Waals surface area contributed by atoms with Crippen LogP contribution in [0.5, 0.6) is 0 Å². The summed E-state index contributed by atoms with van der Waals surface area (Å²) in [6.07, 6.45) is 1.02. The van der Waals surface area contributed by atoms with E-state index in [1.165, 1.54) is 0 Å². The van der Waals surface area contributed by atoms with E-state index in [0.717, 1.165) is 5.56 Å². The first kappa shape index (κ1) is 43.9. The van der Waals surface area contributed by atoms with Gasteiger partial charge in [0.2, 0.25) is 0 Å². The van der Waals surface area contributed by atoms with E-state index in [9.17, 15) is 19.5 Å². The van der Waals surface area contributed by atoms with Crippen LogP contribution in [0.1, 0.15) is 86.6 Å². The van der Waals surface area contributed by atoms with Gasteiger partial charge in [-0.2, -0.15) is 0 Å². The van der Waals surface area contributed by atoms with E-state index in [0.29, 0.717) is 29.7 Å². The first-order chi connectivity index (χ1) is 27.5. The number of ether oxygens (including phenoxy) is 6. The van der Waals surface area contributed by atoms with Crippen molar-refractivity contribution in [3.05, 3.63) is 30.2 Å². The van der Waals surface area contributed by atoms with Crippen molar-refractivity contribution in [2.24, 2.45) is 34.7 Å². The smallest absolute Gasteiger partial charge is 0.311 e. The molecule has 2 aromatic rings. The minimum Gasteiger partial charge on any atom is -0.458 e. The number of likely N-dealkylation sites (N-methyl/N-ethyl adjacent to an activating group) is 1. The summed E-state index contributed by atoms with van der Waals surface area (Å²) >= 11 is 0. The van der Waals surface area contributed by atoms with Gasteiger partial charge in [0.1, 0.15) is 41.4 Å². The van der Waals surface area contributed by atoms with Crippen molar-refractivity contribution in [3.63, 3.8) is 0 Å².